The van der Waals surface area contributed by atoms with Crippen molar-refractivity contribution in [2.45, 2.75) is 43.5 Å². The molecular formula is C25H25Cl2FN8O7P2S2. The van der Waals surface area contributed by atoms with Gasteiger partial charge in [0, 0.05) is 18.2 Å². The molecule has 250 valence electrons. The van der Waals surface area contributed by atoms with Gasteiger partial charge >= 0.3 is 13.4 Å². The molecular weight excluding hydrogens is 740 g/mol. The first-order valence-electron chi connectivity index (χ1n) is 14.2. The number of hydrogen-bond acceptors (Lipinski definition) is 14. The molecule has 2 saturated heterocycles. The highest BCUT2D eigenvalue weighted by Gasteiger charge is 2.52. The van der Waals surface area contributed by atoms with E-state index in [4.69, 9.17) is 79.4 Å². The van der Waals surface area contributed by atoms with Crippen LogP contribution in [0.25, 0.3) is 22.2 Å². The highest BCUT2D eigenvalue weighted by atomic mass is 35.5. The number of imidazole rings is 1. The van der Waals surface area contributed by atoms with Crippen LogP contribution in [0.3, 0.4) is 0 Å². The summed E-state index contributed by atoms with van der Waals surface area (Å²) in [4.78, 5) is 31.9. The van der Waals surface area contributed by atoms with Gasteiger partial charge in [-0.2, -0.15) is 5.26 Å². The minimum Gasteiger partial charge on any atom is -0.346 e. The van der Waals surface area contributed by atoms with Crippen LogP contribution in [-0.4, -0.2) is 83.8 Å². The van der Waals surface area contributed by atoms with Crippen molar-refractivity contribution in [3.8, 4) is 6.07 Å². The fraction of sp³-hybridized carbons (Fsp3) is 0.520. The summed E-state index contributed by atoms with van der Waals surface area (Å²) in [7, 11) is 0. The van der Waals surface area contributed by atoms with Crippen LogP contribution in [0.5, 0.6) is 0 Å². The van der Waals surface area contributed by atoms with Gasteiger partial charge in [-0.1, -0.05) is 23.2 Å². The molecule has 9 atom stereocenters. The lowest BCUT2D eigenvalue weighted by molar-refractivity contribution is -0.0429. The molecule has 0 radical (unpaired) electrons. The number of rotatable bonds is 5. The Morgan fingerprint density at radius 2 is 1.81 bits per heavy atom. The van der Waals surface area contributed by atoms with Crippen molar-refractivity contribution in [1.29, 1.82) is 5.26 Å². The van der Waals surface area contributed by atoms with E-state index in [1.807, 2.05) is 10.6 Å². The number of nitrogens with zero attached hydrogens (tertiary/aromatic N) is 8. The van der Waals surface area contributed by atoms with Crippen LogP contribution in [0.1, 0.15) is 25.1 Å². The van der Waals surface area contributed by atoms with Crippen LogP contribution in [0, 0.1) is 23.2 Å². The molecule has 3 aliphatic rings. The van der Waals surface area contributed by atoms with Gasteiger partial charge in [0.15, 0.2) is 23.2 Å². The third-order valence-electron chi connectivity index (χ3n) is 8.31. The Labute approximate surface area is 286 Å². The molecule has 0 bridgehead atoms. The van der Waals surface area contributed by atoms with E-state index < -0.39 is 44.7 Å². The average molecular weight is 766 g/mol. The molecule has 1 aliphatic carbocycles. The van der Waals surface area contributed by atoms with E-state index in [9.17, 15) is 4.89 Å². The zero-order valence-electron chi connectivity index (χ0n) is 24.0. The molecule has 1 N–H and O–H groups in total. The first-order chi connectivity index (χ1) is 22.6. The van der Waals surface area contributed by atoms with Gasteiger partial charge in [-0.3, -0.25) is 4.52 Å². The lowest BCUT2D eigenvalue weighted by atomic mass is 9.70. The molecule has 0 aromatic carbocycles. The molecule has 3 fully saturated rings. The summed E-state index contributed by atoms with van der Waals surface area (Å²) in [6.07, 6.45) is 0.722. The van der Waals surface area contributed by atoms with Crippen molar-refractivity contribution >= 4 is 82.5 Å². The van der Waals surface area contributed by atoms with Crippen molar-refractivity contribution in [2.75, 3.05) is 26.4 Å². The van der Waals surface area contributed by atoms with Crippen molar-refractivity contribution in [1.82, 2.24) is 34.1 Å². The molecule has 4 aromatic rings. The smallest absolute Gasteiger partial charge is 0.327 e. The predicted octanol–water partition coefficient (Wildman–Crippen LogP) is 4.81. The minimum absolute atomic E-state index is 0.00384. The highest BCUT2D eigenvalue weighted by molar-refractivity contribution is 8.07. The number of nitriles is 1. The maximum atomic E-state index is 16.4. The third kappa shape index (κ3) is 6.60. The molecule has 2 aliphatic heterocycles. The predicted molar refractivity (Wildman–Crippen MR) is 172 cm³/mol. The molecule has 6 heterocycles. The second kappa shape index (κ2) is 13.5. The van der Waals surface area contributed by atoms with E-state index >= 15 is 4.39 Å². The third-order valence-corrected chi connectivity index (χ3v) is 12.8. The minimum atomic E-state index is -3.86. The lowest BCUT2D eigenvalue weighted by Gasteiger charge is -2.45. The Kier molecular flexibility index (Phi) is 9.66. The first-order valence-corrected chi connectivity index (χ1v) is 20.1. The van der Waals surface area contributed by atoms with Crippen LogP contribution in [0.4, 0.5) is 4.39 Å². The van der Waals surface area contributed by atoms with Crippen LogP contribution < -0.4 is 0 Å². The van der Waals surface area contributed by atoms with E-state index in [-0.39, 0.29) is 54.4 Å². The van der Waals surface area contributed by atoms with E-state index in [2.05, 4.69) is 24.9 Å². The Morgan fingerprint density at radius 1 is 1.04 bits per heavy atom. The van der Waals surface area contributed by atoms with Crippen LogP contribution >= 0.6 is 36.6 Å². The SMILES string of the molecule is N#CCCOP1(=S)OC[C@H]2C[C@@H](n3cnc4c(Cl)ncnc43)[C@@H]2COP(O)(=S)OC[C@H]2O[C@@H](n3ccc4c(Cl)ncnc43)[C@@H](F)[C@@H]2O1. The van der Waals surface area contributed by atoms with Gasteiger partial charge in [0.2, 0.25) is 0 Å². The van der Waals surface area contributed by atoms with Crippen molar-refractivity contribution < 1.29 is 36.6 Å². The number of fused-ring (bicyclic) bond motifs is 4. The number of hydrogen-bond donors (Lipinski definition) is 1. The molecule has 7 rings (SSSR count). The van der Waals surface area contributed by atoms with Crippen molar-refractivity contribution in [3.05, 3.63) is 41.6 Å². The summed E-state index contributed by atoms with van der Waals surface area (Å²) < 4.78 is 55.5. The second-order valence-electron chi connectivity index (χ2n) is 11.0. The molecule has 0 amide bonds. The van der Waals surface area contributed by atoms with Gasteiger partial charge < -0.3 is 36.9 Å². The maximum absolute atomic E-state index is 16.4. The van der Waals surface area contributed by atoms with E-state index in [0.29, 0.717) is 28.6 Å². The summed E-state index contributed by atoms with van der Waals surface area (Å²) in [6, 6.07) is 3.43. The summed E-state index contributed by atoms with van der Waals surface area (Å²) in [5.74, 6) is -0.455. The summed E-state index contributed by atoms with van der Waals surface area (Å²) in [6.45, 7) is -8.02. The zero-order valence-corrected chi connectivity index (χ0v) is 28.9. The molecule has 0 spiro atoms. The Morgan fingerprint density at radius 3 is 2.62 bits per heavy atom. The van der Waals surface area contributed by atoms with Crippen molar-refractivity contribution in [3.63, 3.8) is 0 Å². The lowest BCUT2D eigenvalue weighted by Crippen LogP contribution is -2.43. The molecule has 2 unspecified atom stereocenters. The van der Waals surface area contributed by atoms with Gasteiger partial charge in [-0.15, -0.1) is 0 Å². The van der Waals surface area contributed by atoms with Crippen LogP contribution in [0.15, 0.2) is 31.2 Å². The Hall–Kier alpha value is -1.81. The molecule has 47 heavy (non-hydrogen) atoms. The normalized spacial score (nSPS) is 34.8. The van der Waals surface area contributed by atoms with Gasteiger partial charge in [-0.25, -0.2) is 29.3 Å². The first kappa shape index (κ1) is 33.7. The van der Waals surface area contributed by atoms with Crippen LogP contribution in [0.2, 0.25) is 10.3 Å². The van der Waals surface area contributed by atoms with Gasteiger partial charge in [-0.05, 0) is 42.0 Å². The number of aromatic nitrogens is 7. The van der Waals surface area contributed by atoms with Gasteiger partial charge in [0.1, 0.15) is 41.2 Å². The average Bonchev–Trinajstić information content (AvgIpc) is 3.73. The van der Waals surface area contributed by atoms with Crippen molar-refractivity contribution in [2.24, 2.45) is 11.8 Å². The molecule has 15 nitrogen and oxygen atoms in total. The van der Waals surface area contributed by atoms with Crippen LogP contribution in [-0.2, 0) is 51.0 Å². The highest BCUT2D eigenvalue weighted by Crippen LogP contribution is 2.58. The number of ether oxygens (including phenoxy) is 1. The maximum Gasteiger partial charge on any atom is 0.327 e. The zero-order chi connectivity index (χ0) is 32.9. The molecule has 4 aromatic heterocycles. The second-order valence-corrected chi connectivity index (χ2v) is 17.5. The van der Waals surface area contributed by atoms with E-state index in [1.165, 1.54) is 17.2 Å². The quantitative estimate of drug-likeness (QED) is 0.166. The monoisotopic (exact) mass is 764 g/mol. The summed E-state index contributed by atoms with van der Waals surface area (Å²) in [5.41, 5.74) is 1.30. The number of halogens is 3. The Bertz CT molecular complexity index is 1950. The molecule has 22 heteroatoms. The summed E-state index contributed by atoms with van der Waals surface area (Å²) >= 11 is 23.5. The fourth-order valence-corrected chi connectivity index (χ4v) is 9.59. The Balaban J connectivity index is 1.18. The summed E-state index contributed by atoms with van der Waals surface area (Å²) in [5, 5.41) is 10.0. The van der Waals surface area contributed by atoms with Gasteiger partial charge in [0.25, 0.3) is 0 Å². The van der Waals surface area contributed by atoms with E-state index in [1.54, 1.807) is 18.6 Å². The standard InChI is InChI=1S/C25H25Cl2FN8O7P2S2/c26-21-14-2-4-35(23(14)32-10-30-21)25-18(28)20-17(42-25)9-40-44(37,46)39-8-15-13(7-41-45(47,43-20)38-5-1-3-29)6-16(15)36-12-34-19-22(27)31-11-33-24(19)36/h2,4,10-13,15-18,20,25H,1,5-9H2,(H,37,46)/t13-,15-,16-,17-,18+,20-,25-,44?,45?/m1/s1. The number of alkyl halides is 1. The molecule has 1 saturated carbocycles. The largest absolute Gasteiger partial charge is 0.346 e. The van der Waals surface area contributed by atoms with Gasteiger partial charge in [0.05, 0.1) is 50.6 Å². The fourth-order valence-electron chi connectivity index (χ4n) is 5.95. The topological polar surface area (TPSA) is 174 Å². The van der Waals surface area contributed by atoms with E-state index in [0.717, 1.165) is 0 Å².